The van der Waals surface area contributed by atoms with Gasteiger partial charge in [-0.1, -0.05) is 6.07 Å². The molecule has 4 amide bonds. The van der Waals surface area contributed by atoms with Crippen molar-refractivity contribution in [2.24, 2.45) is 5.92 Å². The molecule has 0 bridgehead atoms. The normalized spacial score (nSPS) is 20.1. The van der Waals surface area contributed by atoms with E-state index in [0.29, 0.717) is 35.2 Å². The summed E-state index contributed by atoms with van der Waals surface area (Å²) in [4.78, 5) is 51.6. The third-order valence-electron chi connectivity index (χ3n) is 10.6. The predicted octanol–water partition coefficient (Wildman–Crippen LogP) is 5.36. The van der Waals surface area contributed by atoms with Crippen LogP contribution < -0.4 is 25.2 Å². The first kappa shape index (κ1) is 35.3. The Morgan fingerprint density at radius 2 is 1.81 bits per heavy atom. The minimum Gasteiger partial charge on any atom is -0.494 e. The average Bonchev–Trinajstić information content (AvgIpc) is 3.79. The molecule has 2 aliphatic heterocycles. The number of anilines is 3. The second kappa shape index (κ2) is 14.3. The van der Waals surface area contributed by atoms with Crippen LogP contribution in [-0.2, 0) is 11.0 Å². The van der Waals surface area contributed by atoms with E-state index in [4.69, 9.17) is 9.84 Å². The van der Waals surface area contributed by atoms with Crippen LogP contribution in [-0.4, -0.2) is 93.3 Å². The summed E-state index contributed by atoms with van der Waals surface area (Å²) in [6.45, 7) is 4.93. The van der Waals surface area contributed by atoms with Crippen molar-refractivity contribution in [3.05, 3.63) is 72.4 Å². The number of carbonyl (C=O) groups excluding carboxylic acids is 3. The van der Waals surface area contributed by atoms with Crippen LogP contribution in [0.5, 0.6) is 5.75 Å². The quantitative estimate of drug-likeness (QED) is 0.215. The van der Waals surface area contributed by atoms with Gasteiger partial charge in [0.1, 0.15) is 23.0 Å². The van der Waals surface area contributed by atoms with Gasteiger partial charge in [-0.3, -0.25) is 33.8 Å². The molecule has 14 nitrogen and oxygen atoms in total. The zero-order valence-electron chi connectivity index (χ0n) is 29.6. The van der Waals surface area contributed by atoms with Crippen LogP contribution in [0.25, 0.3) is 16.6 Å². The summed E-state index contributed by atoms with van der Waals surface area (Å²) < 4.78 is 48.8. The highest BCUT2D eigenvalue weighted by Crippen LogP contribution is 2.36. The molecule has 3 aliphatic rings. The average molecular weight is 745 g/mol. The highest BCUT2D eigenvalue weighted by atomic mass is 19.4. The minimum absolute atomic E-state index is 0.222. The zero-order chi connectivity index (χ0) is 37.6. The topological polar surface area (TPSA) is 142 Å². The number of nitrogens with zero attached hydrogens (tertiary/aromatic N) is 8. The maximum atomic E-state index is 13.2. The Kier molecular flexibility index (Phi) is 9.33. The number of aromatic nitrogens is 5. The Bertz CT molecular complexity index is 2220. The molecule has 0 unspecified atom stereocenters. The van der Waals surface area contributed by atoms with E-state index in [9.17, 15) is 27.6 Å². The number of hydrogen-bond donors (Lipinski definition) is 2. The number of alkyl halides is 3. The number of pyridine rings is 2. The van der Waals surface area contributed by atoms with Crippen LogP contribution in [0.3, 0.4) is 0 Å². The van der Waals surface area contributed by atoms with Crippen molar-refractivity contribution >= 4 is 51.6 Å². The van der Waals surface area contributed by atoms with E-state index in [2.05, 4.69) is 36.5 Å². The number of ether oxygens (including phenoxy) is 1. The predicted molar refractivity (Wildman–Crippen MR) is 194 cm³/mol. The van der Waals surface area contributed by atoms with Gasteiger partial charge >= 0.3 is 12.2 Å². The highest BCUT2D eigenvalue weighted by molar-refractivity contribution is 6.06. The van der Waals surface area contributed by atoms with E-state index in [1.807, 2.05) is 27.5 Å². The molecule has 5 aromatic rings. The number of amides is 4. The van der Waals surface area contributed by atoms with Crippen LogP contribution in [0.15, 0.2) is 61.1 Å². The van der Waals surface area contributed by atoms with Gasteiger partial charge in [-0.15, -0.1) is 0 Å². The Morgan fingerprint density at radius 3 is 2.56 bits per heavy atom. The molecule has 1 saturated carbocycles. The number of nitrogens with one attached hydrogen (secondary N) is 2. The van der Waals surface area contributed by atoms with Crippen molar-refractivity contribution in [3.63, 3.8) is 0 Å². The molecule has 0 spiro atoms. The lowest BCUT2D eigenvalue weighted by Gasteiger charge is -2.39. The molecule has 8 rings (SSSR count). The first-order chi connectivity index (χ1) is 26.0. The smallest absolute Gasteiger partial charge is 0.433 e. The Hall–Kier alpha value is -5.71. The van der Waals surface area contributed by atoms with Crippen LogP contribution >= 0.6 is 0 Å². The SMILES string of the molecule is COc1cc2nn(C3CCC(CN4CCN(c5cccn6c(N7CCC(=O)NC7=O)cnc56)CC4)CC3)cc2cc1NC(=O)c1cccc(C(F)(F)F)n1. The number of benzene rings is 1. The molecule has 4 aromatic heterocycles. The summed E-state index contributed by atoms with van der Waals surface area (Å²) in [5.74, 6) is 0.503. The number of carbonyl (C=O) groups is 3. The summed E-state index contributed by atoms with van der Waals surface area (Å²) >= 11 is 0. The molecule has 1 aromatic carbocycles. The number of imide groups is 1. The summed E-state index contributed by atoms with van der Waals surface area (Å²) in [5, 5.41) is 10.6. The van der Waals surface area contributed by atoms with Crippen molar-refractivity contribution in [3.8, 4) is 5.75 Å². The van der Waals surface area contributed by atoms with Crippen molar-refractivity contribution in [2.75, 3.05) is 61.5 Å². The second-order valence-electron chi connectivity index (χ2n) is 14.0. The van der Waals surface area contributed by atoms with Gasteiger partial charge in [-0.25, -0.2) is 14.8 Å². The first-order valence-corrected chi connectivity index (χ1v) is 18.0. The number of imidazole rings is 1. The van der Waals surface area contributed by atoms with Crippen LogP contribution in [0.1, 0.15) is 54.3 Å². The van der Waals surface area contributed by atoms with Crippen LogP contribution in [0.2, 0.25) is 0 Å². The monoisotopic (exact) mass is 744 g/mol. The van der Waals surface area contributed by atoms with Crippen molar-refractivity contribution < 1.29 is 32.3 Å². The lowest BCUT2D eigenvalue weighted by atomic mass is 9.85. The maximum absolute atomic E-state index is 13.2. The molecule has 54 heavy (non-hydrogen) atoms. The van der Waals surface area contributed by atoms with E-state index < -0.39 is 23.8 Å². The standard InChI is InChI=1S/C37H39F3N10O4/c1-54-30-19-27-24(18-28(30)43-35(52)26-4-2-6-31(42-26)37(38,39)40)22-50(45-27)25-9-7-23(8-10-25)21-46-14-16-47(17-15-46)29-5-3-12-48-33(20-41-34(29)48)49-13-11-32(51)44-36(49)53/h2-6,12,18-20,22-23,25H,7-11,13-17,21H2,1H3,(H,43,52)(H,44,51,53). The fourth-order valence-corrected chi connectivity index (χ4v) is 7.77. The third-order valence-corrected chi connectivity index (χ3v) is 10.6. The number of methoxy groups -OCH3 is 1. The van der Waals surface area contributed by atoms with Crippen LogP contribution in [0.4, 0.5) is 35.2 Å². The summed E-state index contributed by atoms with van der Waals surface area (Å²) in [7, 11) is 1.46. The highest BCUT2D eigenvalue weighted by Gasteiger charge is 2.33. The molecule has 6 heterocycles. The van der Waals surface area contributed by atoms with E-state index in [-0.39, 0.29) is 24.1 Å². The lowest BCUT2D eigenvalue weighted by molar-refractivity contribution is -0.141. The molecule has 0 radical (unpaired) electrons. The molecular formula is C37H39F3N10O4. The number of fused-ring (bicyclic) bond motifs is 2. The van der Waals surface area contributed by atoms with E-state index in [0.717, 1.165) is 87.3 Å². The molecular weight excluding hydrogens is 705 g/mol. The minimum atomic E-state index is -4.66. The number of halogens is 3. The van der Waals surface area contributed by atoms with Gasteiger partial charge in [0.2, 0.25) is 5.91 Å². The van der Waals surface area contributed by atoms with Crippen molar-refractivity contribution in [2.45, 2.75) is 44.3 Å². The van der Waals surface area contributed by atoms with Crippen molar-refractivity contribution in [1.82, 2.24) is 34.4 Å². The fraction of sp³-hybridized carbons (Fsp3) is 0.405. The van der Waals surface area contributed by atoms with Gasteiger partial charge < -0.3 is 15.0 Å². The number of urea groups is 1. The van der Waals surface area contributed by atoms with Crippen LogP contribution in [0, 0.1) is 5.92 Å². The Balaban J connectivity index is 0.859. The molecule has 3 fully saturated rings. The molecule has 1 aliphatic carbocycles. The summed E-state index contributed by atoms with van der Waals surface area (Å²) in [5.41, 5.74) is 1.31. The van der Waals surface area contributed by atoms with Gasteiger partial charge in [-0.2, -0.15) is 18.3 Å². The number of rotatable bonds is 8. The fourth-order valence-electron chi connectivity index (χ4n) is 7.77. The lowest BCUT2D eigenvalue weighted by Crippen LogP contribution is -2.50. The van der Waals surface area contributed by atoms with E-state index >= 15 is 0 Å². The van der Waals surface area contributed by atoms with Gasteiger partial charge in [0, 0.05) is 69.5 Å². The molecule has 17 heteroatoms. The van der Waals surface area contributed by atoms with E-state index in [1.165, 1.54) is 13.2 Å². The van der Waals surface area contributed by atoms with Crippen molar-refractivity contribution in [1.29, 1.82) is 0 Å². The van der Waals surface area contributed by atoms with Gasteiger partial charge in [0.25, 0.3) is 5.91 Å². The Labute approximate surface area is 307 Å². The molecule has 0 atom stereocenters. The van der Waals surface area contributed by atoms with Gasteiger partial charge in [-0.05, 0) is 61.9 Å². The largest absolute Gasteiger partial charge is 0.494 e. The summed E-state index contributed by atoms with van der Waals surface area (Å²) in [6, 6.07) is 10.4. The molecule has 2 N–H and O–H groups in total. The molecule has 282 valence electrons. The number of hydrogen-bond acceptors (Lipinski definition) is 9. The second-order valence-corrected chi connectivity index (χ2v) is 14.0. The molecule has 2 saturated heterocycles. The maximum Gasteiger partial charge on any atom is 0.433 e. The van der Waals surface area contributed by atoms with Gasteiger partial charge in [0.15, 0.2) is 5.65 Å². The number of piperazine rings is 1. The van der Waals surface area contributed by atoms with Gasteiger partial charge in [0.05, 0.1) is 36.2 Å². The third kappa shape index (κ3) is 7.02. The summed E-state index contributed by atoms with van der Waals surface area (Å²) in [6.07, 6.45) is 5.21. The van der Waals surface area contributed by atoms with E-state index in [1.54, 1.807) is 23.2 Å². The zero-order valence-corrected chi connectivity index (χ0v) is 29.6. The Morgan fingerprint density at radius 1 is 1.02 bits per heavy atom. The first-order valence-electron chi connectivity index (χ1n) is 18.0.